The molecule has 1 aliphatic rings. The van der Waals surface area contributed by atoms with Gasteiger partial charge in [0.05, 0.1) is 0 Å². The van der Waals surface area contributed by atoms with Crippen molar-refractivity contribution in [3.05, 3.63) is 64.1 Å². The monoisotopic (exact) mass is 329 g/mol. The van der Waals surface area contributed by atoms with Crippen LogP contribution in [0.1, 0.15) is 15.9 Å². The SMILES string of the molecule is O=C(Nc1ccccc1)C1Cc2c(Br)cccc2C1=O. The summed E-state index contributed by atoms with van der Waals surface area (Å²) >= 11 is 3.43. The number of hydrogen-bond donors (Lipinski definition) is 1. The van der Waals surface area contributed by atoms with Crippen LogP contribution in [0, 0.1) is 5.92 Å². The predicted octanol–water partition coefficient (Wildman–Crippen LogP) is 3.44. The van der Waals surface area contributed by atoms with E-state index in [-0.39, 0.29) is 11.7 Å². The van der Waals surface area contributed by atoms with E-state index in [1.165, 1.54) is 0 Å². The molecule has 3 rings (SSSR count). The Hall–Kier alpha value is -1.94. The summed E-state index contributed by atoms with van der Waals surface area (Å²) in [5, 5.41) is 2.79. The Labute approximate surface area is 125 Å². The van der Waals surface area contributed by atoms with E-state index in [9.17, 15) is 9.59 Å². The number of rotatable bonds is 2. The number of nitrogens with one attached hydrogen (secondary N) is 1. The lowest BCUT2D eigenvalue weighted by molar-refractivity contribution is -0.118. The predicted molar refractivity (Wildman–Crippen MR) is 80.7 cm³/mol. The third kappa shape index (κ3) is 2.27. The minimum atomic E-state index is -0.635. The van der Waals surface area contributed by atoms with Crippen molar-refractivity contribution in [2.24, 2.45) is 5.92 Å². The Morgan fingerprint density at radius 1 is 1.10 bits per heavy atom. The number of anilines is 1. The molecule has 0 aromatic heterocycles. The van der Waals surface area contributed by atoms with Gasteiger partial charge in [-0.1, -0.05) is 46.3 Å². The second-order valence-electron chi connectivity index (χ2n) is 4.74. The number of para-hydroxylation sites is 1. The highest BCUT2D eigenvalue weighted by atomic mass is 79.9. The molecule has 0 saturated heterocycles. The van der Waals surface area contributed by atoms with E-state index in [0.29, 0.717) is 17.7 Å². The zero-order valence-electron chi connectivity index (χ0n) is 10.6. The molecular formula is C16H12BrNO2. The van der Waals surface area contributed by atoms with E-state index < -0.39 is 5.92 Å². The summed E-state index contributed by atoms with van der Waals surface area (Å²) in [6.07, 6.45) is 0.453. The fraction of sp³-hybridized carbons (Fsp3) is 0.125. The van der Waals surface area contributed by atoms with Crippen LogP contribution in [-0.2, 0) is 11.2 Å². The van der Waals surface area contributed by atoms with E-state index in [0.717, 1.165) is 10.0 Å². The van der Waals surface area contributed by atoms with E-state index in [1.54, 1.807) is 18.2 Å². The molecule has 1 aliphatic carbocycles. The van der Waals surface area contributed by atoms with E-state index in [2.05, 4.69) is 21.2 Å². The summed E-state index contributed by atoms with van der Waals surface area (Å²) < 4.78 is 0.887. The maximum Gasteiger partial charge on any atom is 0.235 e. The van der Waals surface area contributed by atoms with Gasteiger partial charge in [0.15, 0.2) is 5.78 Å². The standard InChI is InChI=1S/C16H12BrNO2/c17-14-8-4-7-11-12(14)9-13(15(11)19)16(20)18-10-5-2-1-3-6-10/h1-8,13H,9H2,(H,18,20). The molecule has 4 heteroatoms. The maximum atomic E-state index is 12.3. The Kier molecular flexibility index (Phi) is 3.40. The summed E-state index contributed by atoms with van der Waals surface area (Å²) in [6, 6.07) is 14.7. The lowest BCUT2D eigenvalue weighted by Crippen LogP contribution is -2.27. The fourth-order valence-electron chi connectivity index (χ4n) is 2.44. The van der Waals surface area contributed by atoms with Gasteiger partial charge in [-0.3, -0.25) is 9.59 Å². The van der Waals surface area contributed by atoms with Crippen LogP contribution in [0.3, 0.4) is 0 Å². The molecule has 1 amide bonds. The molecule has 1 unspecified atom stereocenters. The van der Waals surface area contributed by atoms with Crippen LogP contribution in [0.5, 0.6) is 0 Å². The highest BCUT2D eigenvalue weighted by molar-refractivity contribution is 9.10. The van der Waals surface area contributed by atoms with Gasteiger partial charge < -0.3 is 5.32 Å². The first-order valence-corrected chi connectivity index (χ1v) is 7.13. The molecule has 0 heterocycles. The number of fused-ring (bicyclic) bond motifs is 1. The van der Waals surface area contributed by atoms with Crippen molar-refractivity contribution in [1.82, 2.24) is 0 Å². The van der Waals surface area contributed by atoms with Crippen LogP contribution >= 0.6 is 15.9 Å². The second kappa shape index (κ2) is 5.21. The first-order chi connectivity index (χ1) is 9.66. The number of carbonyl (C=O) groups excluding carboxylic acids is 2. The Balaban J connectivity index is 1.82. The fourth-order valence-corrected chi connectivity index (χ4v) is 2.97. The molecule has 0 saturated carbocycles. The van der Waals surface area contributed by atoms with Gasteiger partial charge in [-0.15, -0.1) is 0 Å². The Morgan fingerprint density at radius 3 is 2.55 bits per heavy atom. The summed E-state index contributed by atoms with van der Waals surface area (Å²) in [5.41, 5.74) is 2.28. The Bertz CT molecular complexity index is 682. The second-order valence-corrected chi connectivity index (χ2v) is 5.60. The first-order valence-electron chi connectivity index (χ1n) is 6.34. The number of ketones is 1. The molecule has 20 heavy (non-hydrogen) atoms. The molecule has 0 aliphatic heterocycles. The maximum absolute atomic E-state index is 12.3. The topological polar surface area (TPSA) is 46.2 Å². The molecule has 2 aromatic carbocycles. The number of amides is 1. The minimum absolute atomic E-state index is 0.102. The molecule has 2 aromatic rings. The van der Waals surface area contributed by atoms with Crippen molar-refractivity contribution in [3.8, 4) is 0 Å². The molecule has 0 radical (unpaired) electrons. The normalized spacial score (nSPS) is 16.9. The highest BCUT2D eigenvalue weighted by Gasteiger charge is 2.36. The number of hydrogen-bond acceptors (Lipinski definition) is 2. The van der Waals surface area contributed by atoms with Crippen LogP contribution in [0.2, 0.25) is 0 Å². The summed E-state index contributed by atoms with van der Waals surface area (Å²) in [5.74, 6) is -0.983. The lowest BCUT2D eigenvalue weighted by atomic mass is 10.0. The van der Waals surface area contributed by atoms with Crippen molar-refractivity contribution in [2.45, 2.75) is 6.42 Å². The molecular weight excluding hydrogens is 318 g/mol. The van der Waals surface area contributed by atoms with Crippen LogP contribution < -0.4 is 5.32 Å². The van der Waals surface area contributed by atoms with Gasteiger partial charge in [-0.05, 0) is 30.2 Å². The number of Topliss-reactive ketones (excluding diaryl/α,β-unsaturated/α-hetero) is 1. The lowest BCUT2D eigenvalue weighted by Gasteiger charge is -2.09. The zero-order valence-corrected chi connectivity index (χ0v) is 12.2. The molecule has 3 nitrogen and oxygen atoms in total. The molecule has 100 valence electrons. The molecule has 0 spiro atoms. The van der Waals surface area contributed by atoms with Gasteiger partial charge in [0.1, 0.15) is 5.92 Å². The van der Waals surface area contributed by atoms with Crippen LogP contribution in [0.25, 0.3) is 0 Å². The largest absolute Gasteiger partial charge is 0.325 e. The Morgan fingerprint density at radius 2 is 1.85 bits per heavy atom. The van der Waals surface area contributed by atoms with E-state index in [4.69, 9.17) is 0 Å². The van der Waals surface area contributed by atoms with Gasteiger partial charge in [-0.25, -0.2) is 0 Å². The smallest absolute Gasteiger partial charge is 0.235 e. The third-order valence-electron chi connectivity index (χ3n) is 3.47. The van der Waals surface area contributed by atoms with Crippen LogP contribution in [-0.4, -0.2) is 11.7 Å². The molecule has 1 atom stereocenters. The van der Waals surface area contributed by atoms with Gasteiger partial charge in [0.25, 0.3) is 0 Å². The van der Waals surface area contributed by atoms with Gasteiger partial charge in [0, 0.05) is 15.7 Å². The summed E-state index contributed by atoms with van der Waals surface area (Å²) in [6.45, 7) is 0. The average Bonchev–Trinajstić information content (AvgIpc) is 2.79. The van der Waals surface area contributed by atoms with E-state index in [1.807, 2.05) is 30.3 Å². The number of carbonyl (C=O) groups is 2. The first kappa shape index (κ1) is 13.1. The highest BCUT2D eigenvalue weighted by Crippen LogP contribution is 2.32. The molecule has 0 bridgehead atoms. The average molecular weight is 330 g/mol. The van der Waals surface area contributed by atoms with Crippen molar-refractivity contribution in [2.75, 3.05) is 5.32 Å². The van der Waals surface area contributed by atoms with Gasteiger partial charge in [-0.2, -0.15) is 0 Å². The number of halogens is 1. The van der Waals surface area contributed by atoms with Crippen LogP contribution in [0.4, 0.5) is 5.69 Å². The minimum Gasteiger partial charge on any atom is -0.325 e. The van der Waals surface area contributed by atoms with E-state index >= 15 is 0 Å². The van der Waals surface area contributed by atoms with Crippen molar-refractivity contribution in [1.29, 1.82) is 0 Å². The molecule has 1 N–H and O–H groups in total. The van der Waals surface area contributed by atoms with Crippen molar-refractivity contribution in [3.63, 3.8) is 0 Å². The summed E-state index contributed by atoms with van der Waals surface area (Å²) in [4.78, 5) is 24.6. The van der Waals surface area contributed by atoms with Crippen molar-refractivity contribution >= 4 is 33.3 Å². The third-order valence-corrected chi connectivity index (χ3v) is 4.21. The molecule has 0 fully saturated rings. The van der Waals surface area contributed by atoms with Crippen molar-refractivity contribution < 1.29 is 9.59 Å². The number of benzene rings is 2. The quantitative estimate of drug-likeness (QED) is 0.858. The van der Waals surface area contributed by atoms with Gasteiger partial charge in [0.2, 0.25) is 5.91 Å². The zero-order chi connectivity index (χ0) is 14.1. The van der Waals surface area contributed by atoms with Gasteiger partial charge >= 0.3 is 0 Å². The summed E-state index contributed by atoms with van der Waals surface area (Å²) in [7, 11) is 0. The van der Waals surface area contributed by atoms with Crippen LogP contribution in [0.15, 0.2) is 53.0 Å².